The van der Waals surface area contributed by atoms with Crippen molar-refractivity contribution in [3.8, 4) is 45.6 Å². The average Bonchev–Trinajstić information content (AvgIpc) is 3.34. The minimum Gasteiger partial charge on any atom is -0.504 e. The van der Waals surface area contributed by atoms with Crippen LogP contribution in [0.15, 0.2) is 146 Å². The van der Waals surface area contributed by atoms with Crippen LogP contribution in [0.2, 0.25) is 0 Å². The van der Waals surface area contributed by atoms with Gasteiger partial charge in [0, 0.05) is 33.0 Å². The molecule has 0 unspecified atom stereocenters. The zero-order valence-corrected chi connectivity index (χ0v) is 37.0. The second-order valence-electron chi connectivity index (χ2n) is 16.1. The Bertz CT molecular complexity index is 2760. The van der Waals surface area contributed by atoms with Gasteiger partial charge >= 0.3 is 0 Å². The van der Waals surface area contributed by atoms with Gasteiger partial charge in [-0.2, -0.15) is 0 Å². The molecule has 0 amide bonds. The third-order valence-electron chi connectivity index (χ3n) is 11.7. The van der Waals surface area contributed by atoms with Gasteiger partial charge in [-0.3, -0.25) is 0 Å². The highest BCUT2D eigenvalue weighted by Crippen LogP contribution is 2.46. The first kappa shape index (κ1) is 44.4. The summed E-state index contributed by atoms with van der Waals surface area (Å²) in [5.74, 6) is 2.34. The number of ether oxygens (including phenoxy) is 8. The fraction of sp³-hybridized carbons (Fsp3) is 0.250. The highest BCUT2D eigenvalue weighted by atomic mass is 16.6. The summed E-state index contributed by atoms with van der Waals surface area (Å²) in [6, 6.07) is 44.3. The Morgan fingerprint density at radius 1 is 0.348 bits per heavy atom. The van der Waals surface area contributed by atoms with Crippen molar-refractivity contribution in [2.45, 2.75) is 12.8 Å². The molecule has 9 rings (SSSR count). The molecule has 4 bridgehead atoms. The van der Waals surface area contributed by atoms with E-state index in [0.29, 0.717) is 102 Å². The normalized spacial score (nSPS) is 15.7. The number of hydrogen-bond donors (Lipinski definition) is 2. The standard InChI is InChI=1S/C56H54O10/c1-38-34-43-36-41-12-4-8-16-47(41)55(53(43)57)65-32-28-61-24-22-59-26-30-63-49-20-18-39-10-2-6-14-45(39)51(49)52-46-15-7-3-11-40(46)19-21-50(52)64-31-27-60-23-25-62-29-33-66-56-48-17-9-5-13-42(48)37-44(35-38)54(56)58/h2-21,36-37,57-58H,1,22-35H2. The maximum Gasteiger partial charge on any atom is 0.169 e. The Morgan fingerprint density at radius 2 is 0.682 bits per heavy atom. The lowest BCUT2D eigenvalue weighted by atomic mass is 9.92. The van der Waals surface area contributed by atoms with Crippen LogP contribution in [0.1, 0.15) is 11.1 Å². The van der Waals surface area contributed by atoms with E-state index in [4.69, 9.17) is 37.9 Å². The lowest BCUT2D eigenvalue weighted by Gasteiger charge is -2.20. The average molecular weight is 887 g/mol. The summed E-state index contributed by atoms with van der Waals surface area (Å²) in [5.41, 5.74) is 4.03. The summed E-state index contributed by atoms with van der Waals surface area (Å²) in [5, 5.41) is 30.9. The molecule has 2 N–H and O–H groups in total. The first-order chi connectivity index (χ1) is 32.5. The fourth-order valence-electron chi connectivity index (χ4n) is 8.61. The highest BCUT2D eigenvalue weighted by molar-refractivity contribution is 6.09. The van der Waals surface area contributed by atoms with E-state index in [1.807, 2.05) is 97.1 Å². The van der Waals surface area contributed by atoms with Gasteiger partial charge in [0.1, 0.15) is 37.9 Å². The van der Waals surface area contributed by atoms with Crippen LogP contribution in [0.3, 0.4) is 0 Å². The number of benzene rings is 8. The molecule has 0 radical (unpaired) electrons. The molecular weight excluding hydrogens is 833 g/mol. The molecule has 338 valence electrons. The molecule has 10 heteroatoms. The van der Waals surface area contributed by atoms with Crippen molar-refractivity contribution in [1.29, 1.82) is 0 Å². The number of rotatable bonds is 0. The van der Waals surface area contributed by atoms with Gasteiger partial charge < -0.3 is 48.1 Å². The lowest BCUT2D eigenvalue weighted by Crippen LogP contribution is -2.14. The Kier molecular flexibility index (Phi) is 14.4. The Morgan fingerprint density at radius 3 is 1.09 bits per heavy atom. The minimum absolute atomic E-state index is 0.0516. The lowest BCUT2D eigenvalue weighted by molar-refractivity contribution is 0.0272. The molecule has 0 aliphatic carbocycles. The van der Waals surface area contributed by atoms with Gasteiger partial charge in [0.15, 0.2) is 23.0 Å². The van der Waals surface area contributed by atoms with Crippen LogP contribution in [0.25, 0.3) is 54.2 Å². The van der Waals surface area contributed by atoms with Crippen LogP contribution in [-0.4, -0.2) is 89.5 Å². The van der Waals surface area contributed by atoms with Crippen molar-refractivity contribution in [3.63, 3.8) is 0 Å². The fourth-order valence-corrected chi connectivity index (χ4v) is 8.61. The number of allylic oxidation sites excluding steroid dienone is 1. The van der Waals surface area contributed by atoms with Gasteiger partial charge in [-0.25, -0.2) is 0 Å². The summed E-state index contributed by atoms with van der Waals surface area (Å²) in [6.45, 7) is 8.24. The van der Waals surface area contributed by atoms with Gasteiger partial charge in [0.05, 0.1) is 52.9 Å². The molecule has 0 spiro atoms. The maximum absolute atomic E-state index is 11.6. The summed E-state index contributed by atoms with van der Waals surface area (Å²) in [7, 11) is 0. The van der Waals surface area contributed by atoms with Gasteiger partial charge in [0.25, 0.3) is 0 Å². The van der Waals surface area contributed by atoms with Crippen LogP contribution >= 0.6 is 0 Å². The van der Waals surface area contributed by atoms with E-state index in [2.05, 4.69) is 43.0 Å². The maximum atomic E-state index is 11.6. The van der Waals surface area contributed by atoms with Crippen LogP contribution in [0.5, 0.6) is 34.5 Å². The molecular formula is C56H54O10. The summed E-state index contributed by atoms with van der Waals surface area (Å²) >= 11 is 0. The number of phenols is 2. The van der Waals surface area contributed by atoms with E-state index in [1.165, 1.54) is 0 Å². The van der Waals surface area contributed by atoms with E-state index >= 15 is 0 Å². The molecule has 0 fully saturated rings. The smallest absolute Gasteiger partial charge is 0.169 e. The van der Waals surface area contributed by atoms with Crippen molar-refractivity contribution < 1.29 is 48.1 Å². The number of hydrogen-bond acceptors (Lipinski definition) is 10. The Hall–Kier alpha value is -6.82. The molecule has 8 aromatic carbocycles. The molecule has 1 aliphatic heterocycles. The number of aromatic hydroxyl groups is 2. The summed E-state index contributed by atoms with van der Waals surface area (Å²) in [6.07, 6.45) is 0.724. The molecule has 0 atom stereocenters. The third-order valence-corrected chi connectivity index (χ3v) is 11.7. The number of fused-ring (bicyclic) bond motifs is 15. The van der Waals surface area contributed by atoms with Gasteiger partial charge in [0.2, 0.25) is 0 Å². The zero-order valence-electron chi connectivity index (χ0n) is 37.0. The molecule has 8 aromatic rings. The monoisotopic (exact) mass is 886 g/mol. The van der Waals surface area contributed by atoms with E-state index in [-0.39, 0.29) is 24.7 Å². The van der Waals surface area contributed by atoms with Crippen LogP contribution < -0.4 is 18.9 Å². The molecule has 1 heterocycles. The van der Waals surface area contributed by atoms with Crippen LogP contribution in [0, 0.1) is 0 Å². The highest BCUT2D eigenvalue weighted by Gasteiger charge is 2.21. The van der Waals surface area contributed by atoms with Crippen LogP contribution in [0.4, 0.5) is 0 Å². The first-order valence-corrected chi connectivity index (χ1v) is 22.5. The summed E-state index contributed by atoms with van der Waals surface area (Å²) in [4.78, 5) is 0. The second-order valence-corrected chi connectivity index (χ2v) is 16.1. The van der Waals surface area contributed by atoms with Crippen molar-refractivity contribution in [1.82, 2.24) is 0 Å². The van der Waals surface area contributed by atoms with Crippen molar-refractivity contribution in [2.75, 3.05) is 79.3 Å². The number of phenolic OH excluding ortho intramolecular Hbond substituents is 2. The van der Waals surface area contributed by atoms with Gasteiger partial charge in [-0.1, -0.05) is 121 Å². The quantitative estimate of drug-likeness (QED) is 0.143. The van der Waals surface area contributed by atoms with Crippen molar-refractivity contribution >= 4 is 43.1 Å². The molecule has 0 saturated heterocycles. The predicted molar refractivity (Wildman–Crippen MR) is 260 cm³/mol. The van der Waals surface area contributed by atoms with Gasteiger partial charge in [-0.15, -0.1) is 0 Å². The topological polar surface area (TPSA) is 114 Å². The molecule has 10 nitrogen and oxygen atoms in total. The van der Waals surface area contributed by atoms with Crippen molar-refractivity contribution in [2.24, 2.45) is 0 Å². The first-order valence-electron chi connectivity index (χ1n) is 22.5. The largest absolute Gasteiger partial charge is 0.504 e. The minimum atomic E-state index is 0.0516. The van der Waals surface area contributed by atoms with E-state index < -0.39 is 0 Å². The molecule has 1 aliphatic rings. The van der Waals surface area contributed by atoms with E-state index in [1.54, 1.807) is 0 Å². The summed E-state index contributed by atoms with van der Waals surface area (Å²) < 4.78 is 49.1. The van der Waals surface area contributed by atoms with E-state index in [0.717, 1.165) is 71.3 Å². The Labute approximate surface area is 384 Å². The Balaban J connectivity index is 0.943. The molecule has 66 heavy (non-hydrogen) atoms. The SMILES string of the molecule is C=C1Cc2cc3ccccc3c(c2O)OCCOCCOCCOc2ccc3ccccc3c2-c2c(ccc3ccccc23)OCCOCCOCCOc2c(O)c(cc3ccccc23)C1. The van der Waals surface area contributed by atoms with Crippen LogP contribution in [-0.2, 0) is 31.8 Å². The zero-order chi connectivity index (χ0) is 45.1. The molecule has 0 saturated carbocycles. The van der Waals surface area contributed by atoms with E-state index in [9.17, 15) is 10.2 Å². The van der Waals surface area contributed by atoms with Gasteiger partial charge in [-0.05, 0) is 69.4 Å². The molecule has 0 aromatic heterocycles. The van der Waals surface area contributed by atoms with Crippen molar-refractivity contribution in [3.05, 3.63) is 157 Å². The third kappa shape index (κ3) is 10.2. The second kappa shape index (κ2) is 21.4. The predicted octanol–water partition coefficient (Wildman–Crippen LogP) is 11.0.